The number of carbonyl (C=O) groups is 1. The minimum atomic E-state index is -0.0550. The number of aromatic nitrogens is 4. The summed E-state index contributed by atoms with van der Waals surface area (Å²) in [6.07, 6.45) is 0. The van der Waals surface area contributed by atoms with Crippen molar-refractivity contribution >= 4 is 29.4 Å². The van der Waals surface area contributed by atoms with E-state index in [1.807, 2.05) is 18.2 Å². The minimum absolute atomic E-state index is 0.0550. The summed E-state index contributed by atoms with van der Waals surface area (Å²) >= 11 is 3.05. The molecule has 1 aromatic heterocycles. The van der Waals surface area contributed by atoms with Crippen LogP contribution in [0.1, 0.15) is 5.56 Å². The van der Waals surface area contributed by atoms with Crippen LogP contribution in [0.2, 0.25) is 0 Å². The maximum atomic E-state index is 12.0. The second kappa shape index (κ2) is 9.98. The molecule has 0 bridgehead atoms. The van der Waals surface area contributed by atoms with Crippen molar-refractivity contribution in [3.63, 3.8) is 0 Å². The lowest BCUT2D eigenvalue weighted by molar-refractivity contribution is -0.118. The van der Waals surface area contributed by atoms with Crippen LogP contribution in [-0.2, 0) is 10.5 Å². The highest BCUT2D eigenvalue weighted by atomic mass is 32.2. The quantitative estimate of drug-likeness (QED) is 0.420. The van der Waals surface area contributed by atoms with E-state index in [2.05, 4.69) is 33.0 Å². The molecule has 2 aromatic carbocycles. The van der Waals surface area contributed by atoms with Gasteiger partial charge < -0.3 is 10.4 Å². The van der Waals surface area contributed by atoms with E-state index in [9.17, 15) is 9.90 Å². The number of hydrogen-bond acceptors (Lipinski definition) is 7. The summed E-state index contributed by atoms with van der Waals surface area (Å²) in [7, 11) is 0. The van der Waals surface area contributed by atoms with Crippen molar-refractivity contribution in [1.82, 2.24) is 25.5 Å². The molecule has 0 spiro atoms. The van der Waals surface area contributed by atoms with Gasteiger partial charge in [-0.05, 0) is 40.3 Å². The smallest absolute Gasteiger partial charge is 0.230 e. The first-order valence-electron chi connectivity index (χ1n) is 8.31. The number of benzene rings is 2. The standard InChI is InChI=1S/C18H19N5O2S2/c24-16-8-6-15(7-9-16)23-18(20-21-22-23)27-13-17(25)19-10-11-26-12-14-4-2-1-3-5-14/h1-9,24H,10-13H2,(H,19,25). The number of thioether (sulfide) groups is 2. The number of phenols is 1. The average Bonchev–Trinajstić information content (AvgIpc) is 3.16. The van der Waals surface area contributed by atoms with E-state index < -0.39 is 0 Å². The summed E-state index contributed by atoms with van der Waals surface area (Å²) in [5.74, 6) is 2.15. The lowest BCUT2D eigenvalue weighted by Gasteiger charge is -2.06. The maximum absolute atomic E-state index is 12.0. The number of nitrogens with zero attached hydrogens (tertiary/aromatic N) is 4. The molecule has 0 unspecified atom stereocenters. The molecule has 0 aliphatic rings. The van der Waals surface area contributed by atoms with E-state index in [4.69, 9.17) is 0 Å². The molecule has 3 rings (SSSR count). The van der Waals surface area contributed by atoms with Crippen LogP contribution in [0, 0.1) is 0 Å². The molecule has 7 nitrogen and oxygen atoms in total. The van der Waals surface area contributed by atoms with Crippen LogP contribution in [0.5, 0.6) is 5.75 Å². The first-order chi connectivity index (χ1) is 13.2. The number of tetrazole rings is 1. The van der Waals surface area contributed by atoms with E-state index in [0.29, 0.717) is 11.7 Å². The Balaban J connectivity index is 1.38. The summed E-state index contributed by atoms with van der Waals surface area (Å²) in [6, 6.07) is 16.8. The van der Waals surface area contributed by atoms with Gasteiger partial charge in [-0.3, -0.25) is 4.79 Å². The third-order valence-corrected chi connectivity index (χ3v) is 5.50. The summed E-state index contributed by atoms with van der Waals surface area (Å²) in [5.41, 5.74) is 2.00. The second-order valence-corrected chi connectivity index (χ2v) is 7.61. The zero-order valence-corrected chi connectivity index (χ0v) is 16.1. The van der Waals surface area contributed by atoms with Crippen molar-refractivity contribution in [3.05, 3.63) is 60.2 Å². The highest BCUT2D eigenvalue weighted by Gasteiger charge is 2.11. The molecule has 140 valence electrons. The fourth-order valence-corrected chi connectivity index (χ4v) is 3.77. The Bertz CT molecular complexity index is 856. The van der Waals surface area contributed by atoms with Gasteiger partial charge in [-0.1, -0.05) is 42.1 Å². The number of rotatable bonds is 9. The topological polar surface area (TPSA) is 92.9 Å². The SMILES string of the molecule is O=C(CSc1nnnn1-c1ccc(O)cc1)NCCSCc1ccccc1. The normalized spacial score (nSPS) is 10.7. The lowest BCUT2D eigenvalue weighted by atomic mass is 10.2. The number of carbonyl (C=O) groups excluding carboxylic acids is 1. The Labute approximate surface area is 165 Å². The van der Waals surface area contributed by atoms with Gasteiger partial charge in [-0.2, -0.15) is 16.4 Å². The van der Waals surface area contributed by atoms with E-state index >= 15 is 0 Å². The largest absolute Gasteiger partial charge is 0.508 e. The zero-order valence-electron chi connectivity index (χ0n) is 14.5. The fraction of sp³-hybridized carbons (Fsp3) is 0.222. The van der Waals surface area contributed by atoms with Gasteiger partial charge in [0.15, 0.2) is 0 Å². The summed E-state index contributed by atoms with van der Waals surface area (Å²) in [5, 5.41) is 24.3. The predicted molar refractivity (Wildman–Crippen MR) is 107 cm³/mol. The van der Waals surface area contributed by atoms with Crippen molar-refractivity contribution in [2.75, 3.05) is 18.1 Å². The molecule has 0 aliphatic heterocycles. The number of amides is 1. The maximum Gasteiger partial charge on any atom is 0.230 e. The summed E-state index contributed by atoms with van der Waals surface area (Å²) < 4.78 is 1.53. The molecule has 0 fully saturated rings. The van der Waals surface area contributed by atoms with Gasteiger partial charge >= 0.3 is 0 Å². The number of phenolic OH excluding ortho intramolecular Hbond substituents is 1. The third kappa shape index (κ3) is 6.00. The van der Waals surface area contributed by atoms with Crippen LogP contribution in [0.3, 0.4) is 0 Å². The molecular weight excluding hydrogens is 382 g/mol. The van der Waals surface area contributed by atoms with Crippen LogP contribution in [-0.4, -0.2) is 49.3 Å². The number of aromatic hydroxyl groups is 1. The van der Waals surface area contributed by atoms with Crippen LogP contribution < -0.4 is 5.32 Å². The zero-order chi connectivity index (χ0) is 18.9. The first kappa shape index (κ1) is 19.2. The Morgan fingerprint density at radius 1 is 1.11 bits per heavy atom. The van der Waals surface area contributed by atoms with Crippen molar-refractivity contribution in [2.45, 2.75) is 10.9 Å². The molecule has 27 heavy (non-hydrogen) atoms. The van der Waals surface area contributed by atoms with Gasteiger partial charge in [-0.15, -0.1) is 5.10 Å². The highest BCUT2D eigenvalue weighted by Crippen LogP contribution is 2.19. The molecule has 2 N–H and O–H groups in total. The highest BCUT2D eigenvalue weighted by molar-refractivity contribution is 7.99. The van der Waals surface area contributed by atoms with Crippen LogP contribution in [0.25, 0.3) is 5.69 Å². The molecule has 1 heterocycles. The molecule has 9 heteroatoms. The van der Waals surface area contributed by atoms with Gasteiger partial charge in [0, 0.05) is 18.1 Å². The van der Waals surface area contributed by atoms with Crippen molar-refractivity contribution < 1.29 is 9.90 Å². The molecule has 1 amide bonds. The summed E-state index contributed by atoms with van der Waals surface area (Å²) in [6.45, 7) is 0.625. The molecular formula is C18H19N5O2S2. The van der Waals surface area contributed by atoms with Gasteiger partial charge in [-0.25, -0.2) is 0 Å². The van der Waals surface area contributed by atoms with E-state index in [1.165, 1.54) is 22.0 Å². The molecule has 0 atom stereocenters. The monoisotopic (exact) mass is 401 g/mol. The van der Waals surface area contributed by atoms with Crippen molar-refractivity contribution in [2.24, 2.45) is 0 Å². The Morgan fingerprint density at radius 3 is 2.67 bits per heavy atom. The minimum Gasteiger partial charge on any atom is -0.508 e. The average molecular weight is 402 g/mol. The van der Waals surface area contributed by atoms with Gasteiger partial charge in [0.2, 0.25) is 11.1 Å². The van der Waals surface area contributed by atoms with Crippen molar-refractivity contribution in [1.29, 1.82) is 0 Å². The molecule has 0 radical (unpaired) electrons. The number of nitrogens with one attached hydrogen (secondary N) is 1. The Kier molecular flexibility index (Phi) is 7.11. The van der Waals surface area contributed by atoms with E-state index in [-0.39, 0.29) is 17.4 Å². The van der Waals surface area contributed by atoms with Crippen molar-refractivity contribution in [3.8, 4) is 11.4 Å². The van der Waals surface area contributed by atoms with Crippen LogP contribution in [0.15, 0.2) is 59.8 Å². The van der Waals surface area contributed by atoms with Gasteiger partial charge in [0.25, 0.3) is 0 Å². The molecule has 0 saturated carbocycles. The van der Waals surface area contributed by atoms with E-state index in [0.717, 1.165) is 17.2 Å². The molecule has 0 saturated heterocycles. The third-order valence-electron chi connectivity index (χ3n) is 3.55. The fourth-order valence-electron chi connectivity index (χ4n) is 2.23. The van der Waals surface area contributed by atoms with Gasteiger partial charge in [0.1, 0.15) is 5.75 Å². The molecule has 0 aliphatic carbocycles. The van der Waals surface area contributed by atoms with E-state index in [1.54, 1.807) is 36.0 Å². The Hall–Kier alpha value is -2.52. The van der Waals surface area contributed by atoms with Crippen LogP contribution >= 0.6 is 23.5 Å². The van der Waals surface area contributed by atoms with Crippen LogP contribution in [0.4, 0.5) is 0 Å². The summed E-state index contributed by atoms with van der Waals surface area (Å²) in [4.78, 5) is 12.0. The molecule has 3 aromatic rings. The Morgan fingerprint density at radius 2 is 1.89 bits per heavy atom. The second-order valence-electron chi connectivity index (χ2n) is 5.57. The number of hydrogen-bond donors (Lipinski definition) is 2. The first-order valence-corrected chi connectivity index (χ1v) is 10.5. The van der Waals surface area contributed by atoms with Gasteiger partial charge in [0.05, 0.1) is 11.4 Å². The predicted octanol–water partition coefficient (Wildman–Crippen LogP) is 2.51. The lowest BCUT2D eigenvalue weighted by Crippen LogP contribution is -2.27.